The highest BCUT2D eigenvalue weighted by Gasteiger charge is 2.29. The van der Waals surface area contributed by atoms with Gasteiger partial charge in [-0.1, -0.05) is 27.2 Å². The van der Waals surface area contributed by atoms with Crippen molar-refractivity contribution >= 4 is 5.78 Å². The van der Waals surface area contributed by atoms with Crippen molar-refractivity contribution in [3.05, 3.63) is 12.2 Å². The largest absolute Gasteiger partial charge is 0.299 e. The van der Waals surface area contributed by atoms with Gasteiger partial charge in [0.05, 0.1) is 6.42 Å². The standard InChI is InChI=1S/C15H25N3O/c1-4-12-5-6-13(7-12)14(19)8-15-16-10-17-18(15)9-11(2)3/h10-13H,4-9H2,1-3H3. The molecule has 4 nitrogen and oxygen atoms in total. The van der Waals surface area contributed by atoms with E-state index in [1.54, 1.807) is 6.33 Å². The van der Waals surface area contributed by atoms with Gasteiger partial charge in [0, 0.05) is 12.5 Å². The molecule has 0 radical (unpaired) electrons. The predicted molar refractivity (Wildman–Crippen MR) is 74.7 cm³/mol. The van der Waals surface area contributed by atoms with Crippen LogP contribution in [0.1, 0.15) is 52.3 Å². The summed E-state index contributed by atoms with van der Waals surface area (Å²) in [5, 5.41) is 4.22. The molecule has 1 aromatic rings. The Hall–Kier alpha value is -1.19. The van der Waals surface area contributed by atoms with E-state index < -0.39 is 0 Å². The summed E-state index contributed by atoms with van der Waals surface area (Å²) in [5.74, 6) is 2.72. The lowest BCUT2D eigenvalue weighted by atomic mass is 9.97. The second-order valence-corrected chi connectivity index (χ2v) is 6.18. The summed E-state index contributed by atoms with van der Waals surface area (Å²) in [6.45, 7) is 7.36. The second kappa shape index (κ2) is 6.31. The van der Waals surface area contributed by atoms with Gasteiger partial charge in [0.1, 0.15) is 17.9 Å². The lowest BCUT2D eigenvalue weighted by Crippen LogP contribution is -2.19. The minimum absolute atomic E-state index is 0.258. The third-order valence-electron chi connectivity index (χ3n) is 4.14. The quantitative estimate of drug-likeness (QED) is 0.793. The lowest BCUT2D eigenvalue weighted by Gasteiger charge is -2.11. The highest BCUT2D eigenvalue weighted by atomic mass is 16.1. The van der Waals surface area contributed by atoms with Crippen molar-refractivity contribution in [3.8, 4) is 0 Å². The zero-order valence-corrected chi connectivity index (χ0v) is 12.3. The van der Waals surface area contributed by atoms with Crippen LogP contribution in [-0.2, 0) is 17.8 Å². The van der Waals surface area contributed by atoms with Crippen LogP contribution in [0.25, 0.3) is 0 Å². The van der Waals surface area contributed by atoms with Gasteiger partial charge in [0.2, 0.25) is 0 Å². The van der Waals surface area contributed by atoms with Crippen LogP contribution in [0.5, 0.6) is 0 Å². The zero-order chi connectivity index (χ0) is 13.8. The molecule has 1 saturated carbocycles. The minimum atomic E-state index is 0.258. The predicted octanol–water partition coefficient (Wildman–Crippen LogP) is 2.87. The number of carbonyl (C=O) groups excluding carboxylic acids is 1. The smallest absolute Gasteiger partial charge is 0.143 e. The van der Waals surface area contributed by atoms with Gasteiger partial charge in [-0.3, -0.25) is 4.79 Å². The van der Waals surface area contributed by atoms with E-state index in [4.69, 9.17) is 0 Å². The Morgan fingerprint density at radius 1 is 1.47 bits per heavy atom. The summed E-state index contributed by atoms with van der Waals surface area (Å²) in [6, 6.07) is 0. The van der Waals surface area contributed by atoms with E-state index >= 15 is 0 Å². The van der Waals surface area contributed by atoms with E-state index in [0.29, 0.717) is 18.1 Å². The molecule has 0 aliphatic heterocycles. The van der Waals surface area contributed by atoms with Crippen molar-refractivity contribution < 1.29 is 4.79 Å². The van der Waals surface area contributed by atoms with E-state index in [-0.39, 0.29) is 5.92 Å². The van der Waals surface area contributed by atoms with E-state index in [9.17, 15) is 4.79 Å². The van der Waals surface area contributed by atoms with Gasteiger partial charge in [-0.15, -0.1) is 0 Å². The fraction of sp³-hybridized carbons (Fsp3) is 0.800. The molecule has 0 amide bonds. The number of aromatic nitrogens is 3. The van der Waals surface area contributed by atoms with E-state index in [1.807, 2.05) is 4.68 Å². The average Bonchev–Trinajstić information content (AvgIpc) is 2.98. The Kier molecular flexibility index (Phi) is 4.72. The normalized spacial score (nSPS) is 23.2. The molecule has 2 atom stereocenters. The first-order chi connectivity index (χ1) is 9.10. The van der Waals surface area contributed by atoms with Gasteiger partial charge in [-0.05, 0) is 31.1 Å². The Morgan fingerprint density at radius 3 is 2.89 bits per heavy atom. The van der Waals surface area contributed by atoms with Crippen LogP contribution in [0.2, 0.25) is 0 Å². The van der Waals surface area contributed by atoms with Gasteiger partial charge in [-0.25, -0.2) is 9.67 Å². The summed E-state index contributed by atoms with van der Waals surface area (Å²) in [5.41, 5.74) is 0. The van der Waals surface area contributed by atoms with E-state index in [0.717, 1.165) is 31.1 Å². The van der Waals surface area contributed by atoms with Crippen molar-refractivity contribution in [1.82, 2.24) is 14.8 Å². The summed E-state index contributed by atoms with van der Waals surface area (Å²) in [7, 11) is 0. The van der Waals surface area contributed by atoms with Gasteiger partial charge in [-0.2, -0.15) is 5.10 Å². The fourth-order valence-corrected chi connectivity index (χ4v) is 2.96. The Morgan fingerprint density at radius 2 is 2.26 bits per heavy atom. The molecule has 0 saturated heterocycles. The molecular weight excluding hydrogens is 238 g/mol. The molecule has 0 bridgehead atoms. The van der Waals surface area contributed by atoms with Crippen LogP contribution >= 0.6 is 0 Å². The molecule has 1 fully saturated rings. The fourth-order valence-electron chi connectivity index (χ4n) is 2.96. The number of carbonyl (C=O) groups is 1. The highest BCUT2D eigenvalue weighted by Crippen LogP contribution is 2.33. The third kappa shape index (κ3) is 3.64. The maximum atomic E-state index is 12.3. The number of ketones is 1. The third-order valence-corrected chi connectivity index (χ3v) is 4.14. The van der Waals surface area contributed by atoms with E-state index in [1.165, 1.54) is 12.8 Å². The molecule has 1 aliphatic carbocycles. The highest BCUT2D eigenvalue weighted by molar-refractivity contribution is 5.82. The monoisotopic (exact) mass is 263 g/mol. The van der Waals surface area contributed by atoms with Crippen LogP contribution in [0.15, 0.2) is 6.33 Å². The molecule has 106 valence electrons. The topological polar surface area (TPSA) is 47.8 Å². The molecule has 4 heteroatoms. The summed E-state index contributed by atoms with van der Waals surface area (Å²) >= 11 is 0. The number of nitrogens with zero attached hydrogens (tertiary/aromatic N) is 3. The molecular formula is C15H25N3O. The van der Waals surface area contributed by atoms with Gasteiger partial charge < -0.3 is 0 Å². The zero-order valence-electron chi connectivity index (χ0n) is 12.3. The number of hydrogen-bond donors (Lipinski definition) is 0. The minimum Gasteiger partial charge on any atom is -0.299 e. The SMILES string of the molecule is CCC1CCC(C(=O)Cc2ncnn2CC(C)C)C1. The number of Topliss-reactive ketones (excluding diaryl/α,β-unsaturated/α-hetero) is 1. The number of rotatable bonds is 6. The van der Waals surface area contributed by atoms with Gasteiger partial charge in [0.15, 0.2) is 0 Å². The first kappa shape index (κ1) is 14.2. The van der Waals surface area contributed by atoms with Crippen LogP contribution in [0, 0.1) is 17.8 Å². The molecule has 2 unspecified atom stereocenters. The maximum Gasteiger partial charge on any atom is 0.143 e. The molecule has 0 N–H and O–H groups in total. The van der Waals surface area contributed by atoms with Crippen molar-refractivity contribution in [2.24, 2.45) is 17.8 Å². The first-order valence-electron chi connectivity index (χ1n) is 7.49. The Balaban J connectivity index is 1.94. The summed E-state index contributed by atoms with van der Waals surface area (Å²) in [6.07, 6.45) is 6.57. The van der Waals surface area contributed by atoms with Crippen LogP contribution in [0.3, 0.4) is 0 Å². The molecule has 0 aromatic carbocycles. The van der Waals surface area contributed by atoms with Crippen LogP contribution in [0.4, 0.5) is 0 Å². The van der Waals surface area contributed by atoms with E-state index in [2.05, 4.69) is 30.9 Å². The molecule has 1 aliphatic rings. The average molecular weight is 263 g/mol. The Bertz CT molecular complexity index is 425. The lowest BCUT2D eigenvalue weighted by molar-refractivity contribution is -0.122. The second-order valence-electron chi connectivity index (χ2n) is 6.18. The van der Waals surface area contributed by atoms with Gasteiger partial charge >= 0.3 is 0 Å². The van der Waals surface area contributed by atoms with Crippen LogP contribution in [-0.4, -0.2) is 20.5 Å². The van der Waals surface area contributed by atoms with Crippen molar-refractivity contribution in [2.75, 3.05) is 0 Å². The van der Waals surface area contributed by atoms with Crippen molar-refractivity contribution in [3.63, 3.8) is 0 Å². The molecule has 19 heavy (non-hydrogen) atoms. The summed E-state index contributed by atoms with van der Waals surface area (Å²) in [4.78, 5) is 16.6. The maximum absolute atomic E-state index is 12.3. The van der Waals surface area contributed by atoms with Crippen molar-refractivity contribution in [1.29, 1.82) is 0 Å². The number of hydrogen-bond acceptors (Lipinski definition) is 3. The molecule has 2 rings (SSSR count). The van der Waals surface area contributed by atoms with Gasteiger partial charge in [0.25, 0.3) is 0 Å². The molecule has 0 spiro atoms. The van der Waals surface area contributed by atoms with Crippen molar-refractivity contribution in [2.45, 2.75) is 59.4 Å². The summed E-state index contributed by atoms with van der Waals surface area (Å²) < 4.78 is 1.88. The van der Waals surface area contributed by atoms with Crippen LogP contribution < -0.4 is 0 Å². The first-order valence-corrected chi connectivity index (χ1v) is 7.49. The Labute approximate surface area is 115 Å². The molecule has 1 heterocycles. The molecule has 1 aromatic heterocycles.